The molecule has 0 N–H and O–H groups in total. The number of benzene rings is 1. The summed E-state index contributed by atoms with van der Waals surface area (Å²) in [5.41, 5.74) is 0.492. The number of fused-ring (bicyclic) bond motifs is 1. The van der Waals surface area contributed by atoms with Crippen LogP contribution in [-0.2, 0) is 10.0 Å². The maximum absolute atomic E-state index is 11.5. The SMILES string of the molecule is COc1cc2c(c(OC)c1)S(=O)(=O)N=C2. The summed E-state index contributed by atoms with van der Waals surface area (Å²) < 4.78 is 36.5. The van der Waals surface area contributed by atoms with Gasteiger partial charge in [-0.25, -0.2) is 0 Å². The van der Waals surface area contributed by atoms with E-state index in [0.717, 1.165) is 0 Å². The van der Waals surface area contributed by atoms with Crippen molar-refractivity contribution in [2.24, 2.45) is 4.40 Å². The lowest BCUT2D eigenvalue weighted by Gasteiger charge is -2.08. The lowest BCUT2D eigenvalue weighted by Crippen LogP contribution is -1.99. The molecule has 0 aromatic heterocycles. The van der Waals surface area contributed by atoms with E-state index in [1.807, 2.05) is 0 Å². The average Bonchev–Trinajstić information content (AvgIpc) is 2.54. The fraction of sp³-hybridized carbons (Fsp3) is 0.222. The van der Waals surface area contributed by atoms with Gasteiger partial charge in [0.25, 0.3) is 10.0 Å². The van der Waals surface area contributed by atoms with Gasteiger partial charge in [0.05, 0.1) is 14.2 Å². The summed E-state index contributed by atoms with van der Waals surface area (Å²) in [6, 6.07) is 3.12. The standard InChI is InChI=1S/C9H9NO4S/c1-13-7-3-6-5-10-15(11,12)9(6)8(4-7)14-2/h3-5H,1-2H3. The van der Waals surface area contributed by atoms with Gasteiger partial charge in [0.1, 0.15) is 16.4 Å². The van der Waals surface area contributed by atoms with E-state index >= 15 is 0 Å². The molecule has 0 aliphatic carbocycles. The lowest BCUT2D eigenvalue weighted by molar-refractivity contribution is 0.386. The summed E-state index contributed by atoms with van der Waals surface area (Å²) in [4.78, 5) is 0.103. The number of sulfonamides is 1. The molecular weight excluding hydrogens is 218 g/mol. The molecule has 0 saturated carbocycles. The molecule has 0 amide bonds. The topological polar surface area (TPSA) is 65.0 Å². The van der Waals surface area contributed by atoms with Crippen molar-refractivity contribution in [2.45, 2.75) is 4.90 Å². The van der Waals surface area contributed by atoms with Crippen molar-refractivity contribution in [1.29, 1.82) is 0 Å². The first kappa shape index (κ1) is 9.97. The third-order valence-electron chi connectivity index (χ3n) is 2.10. The fourth-order valence-corrected chi connectivity index (χ4v) is 2.58. The smallest absolute Gasteiger partial charge is 0.286 e. The van der Waals surface area contributed by atoms with Crippen LogP contribution in [0.2, 0.25) is 0 Å². The Balaban J connectivity index is 2.74. The summed E-state index contributed by atoms with van der Waals surface area (Å²) >= 11 is 0. The van der Waals surface area contributed by atoms with Crippen LogP contribution in [0.3, 0.4) is 0 Å². The molecule has 1 aromatic rings. The number of hydrogen-bond donors (Lipinski definition) is 0. The van der Waals surface area contributed by atoms with Crippen LogP contribution in [0.1, 0.15) is 5.56 Å². The zero-order valence-corrected chi connectivity index (χ0v) is 9.04. The van der Waals surface area contributed by atoms with Crippen molar-refractivity contribution in [2.75, 3.05) is 14.2 Å². The van der Waals surface area contributed by atoms with Crippen LogP contribution in [0.25, 0.3) is 0 Å². The van der Waals surface area contributed by atoms with E-state index in [4.69, 9.17) is 9.47 Å². The van der Waals surface area contributed by atoms with E-state index in [-0.39, 0.29) is 10.6 Å². The van der Waals surface area contributed by atoms with Gasteiger partial charge in [-0.05, 0) is 6.07 Å². The second-order valence-electron chi connectivity index (χ2n) is 2.96. The monoisotopic (exact) mass is 227 g/mol. The van der Waals surface area contributed by atoms with Crippen LogP contribution in [0.15, 0.2) is 21.4 Å². The molecule has 15 heavy (non-hydrogen) atoms. The predicted molar refractivity (Wildman–Crippen MR) is 54.3 cm³/mol. The van der Waals surface area contributed by atoms with E-state index in [2.05, 4.69) is 4.40 Å². The minimum atomic E-state index is -3.58. The maximum atomic E-state index is 11.5. The maximum Gasteiger partial charge on any atom is 0.286 e. The normalized spacial score (nSPS) is 16.1. The Morgan fingerprint density at radius 1 is 1.20 bits per heavy atom. The fourth-order valence-electron chi connectivity index (χ4n) is 1.42. The van der Waals surface area contributed by atoms with Crippen LogP contribution in [0.5, 0.6) is 11.5 Å². The van der Waals surface area contributed by atoms with Crippen molar-refractivity contribution in [3.05, 3.63) is 17.7 Å². The van der Waals surface area contributed by atoms with Crippen LogP contribution >= 0.6 is 0 Å². The summed E-state index contributed by atoms with van der Waals surface area (Å²) in [5.74, 6) is 0.788. The first-order chi connectivity index (χ1) is 7.08. The lowest BCUT2D eigenvalue weighted by atomic mass is 10.2. The Kier molecular flexibility index (Phi) is 2.15. The molecule has 5 nitrogen and oxygen atoms in total. The molecule has 1 aliphatic rings. The molecule has 6 heteroatoms. The molecule has 1 aromatic carbocycles. The van der Waals surface area contributed by atoms with Gasteiger partial charge in [-0.1, -0.05) is 0 Å². The highest BCUT2D eigenvalue weighted by Gasteiger charge is 2.27. The molecule has 0 spiro atoms. The molecule has 1 heterocycles. The van der Waals surface area contributed by atoms with Crippen molar-refractivity contribution < 1.29 is 17.9 Å². The Labute approximate surface area is 87.4 Å². The first-order valence-corrected chi connectivity index (χ1v) is 5.59. The highest BCUT2D eigenvalue weighted by atomic mass is 32.2. The van der Waals surface area contributed by atoms with Gasteiger partial charge in [0.2, 0.25) is 0 Å². The van der Waals surface area contributed by atoms with Gasteiger partial charge in [0.15, 0.2) is 0 Å². The van der Waals surface area contributed by atoms with Crippen LogP contribution in [-0.4, -0.2) is 28.9 Å². The van der Waals surface area contributed by atoms with E-state index in [9.17, 15) is 8.42 Å². The summed E-state index contributed by atoms with van der Waals surface area (Å²) in [7, 11) is -0.677. The van der Waals surface area contributed by atoms with Crippen LogP contribution < -0.4 is 9.47 Å². The zero-order chi connectivity index (χ0) is 11.1. The second-order valence-corrected chi connectivity index (χ2v) is 4.53. The molecule has 2 rings (SSSR count). The minimum absolute atomic E-state index is 0.103. The van der Waals surface area contributed by atoms with Gasteiger partial charge in [0, 0.05) is 17.8 Å². The number of methoxy groups -OCH3 is 2. The third kappa shape index (κ3) is 1.46. The van der Waals surface area contributed by atoms with E-state index in [1.54, 1.807) is 6.07 Å². The van der Waals surface area contributed by atoms with Gasteiger partial charge in [-0.2, -0.15) is 12.8 Å². The van der Waals surface area contributed by atoms with Crippen molar-refractivity contribution in [3.8, 4) is 11.5 Å². The number of ether oxygens (including phenoxy) is 2. The minimum Gasteiger partial charge on any atom is -0.497 e. The summed E-state index contributed by atoms with van der Waals surface area (Å²) in [5, 5.41) is 0. The molecule has 0 radical (unpaired) electrons. The second kappa shape index (κ2) is 3.23. The molecule has 0 unspecified atom stereocenters. The highest BCUT2D eigenvalue weighted by molar-refractivity contribution is 7.90. The molecule has 0 saturated heterocycles. The Morgan fingerprint density at radius 2 is 1.93 bits per heavy atom. The molecule has 80 valence electrons. The predicted octanol–water partition coefficient (Wildman–Crippen LogP) is 0.825. The van der Waals surface area contributed by atoms with E-state index in [0.29, 0.717) is 11.3 Å². The molecule has 1 aliphatic heterocycles. The first-order valence-electron chi connectivity index (χ1n) is 4.15. The van der Waals surface area contributed by atoms with Gasteiger partial charge in [-0.15, -0.1) is 0 Å². The molecule has 0 atom stereocenters. The van der Waals surface area contributed by atoms with Crippen LogP contribution in [0.4, 0.5) is 0 Å². The van der Waals surface area contributed by atoms with E-state index in [1.165, 1.54) is 26.5 Å². The average molecular weight is 227 g/mol. The van der Waals surface area contributed by atoms with Crippen molar-refractivity contribution in [3.63, 3.8) is 0 Å². The molecule has 0 fully saturated rings. The summed E-state index contributed by atoms with van der Waals surface area (Å²) in [6.45, 7) is 0. The number of hydrogen-bond acceptors (Lipinski definition) is 4. The van der Waals surface area contributed by atoms with Crippen molar-refractivity contribution in [1.82, 2.24) is 0 Å². The zero-order valence-electron chi connectivity index (χ0n) is 8.22. The van der Waals surface area contributed by atoms with E-state index < -0.39 is 10.0 Å². The Morgan fingerprint density at radius 3 is 2.53 bits per heavy atom. The molecule has 0 bridgehead atoms. The van der Waals surface area contributed by atoms with Crippen molar-refractivity contribution >= 4 is 16.2 Å². The van der Waals surface area contributed by atoms with Crippen LogP contribution in [0, 0.1) is 0 Å². The Bertz CT molecular complexity index is 533. The third-order valence-corrected chi connectivity index (χ3v) is 3.44. The number of nitrogens with zero attached hydrogens (tertiary/aromatic N) is 1. The van der Waals surface area contributed by atoms with Gasteiger partial charge >= 0.3 is 0 Å². The molecular formula is C9H9NO4S. The Hall–Kier alpha value is -1.56. The van der Waals surface area contributed by atoms with Gasteiger partial charge < -0.3 is 9.47 Å². The number of rotatable bonds is 2. The largest absolute Gasteiger partial charge is 0.497 e. The summed E-state index contributed by atoms with van der Waals surface area (Å²) in [6.07, 6.45) is 1.29. The quantitative estimate of drug-likeness (QED) is 0.750. The highest BCUT2D eigenvalue weighted by Crippen LogP contribution is 2.35. The van der Waals surface area contributed by atoms with Gasteiger partial charge in [-0.3, -0.25) is 0 Å².